The quantitative estimate of drug-likeness (QED) is 0.308. The first-order chi connectivity index (χ1) is 19.3. The molecule has 0 saturated heterocycles. The lowest BCUT2D eigenvalue weighted by atomic mass is 10.1. The first kappa shape index (κ1) is 30.2. The molecule has 0 atom stereocenters. The van der Waals surface area contributed by atoms with E-state index in [1.165, 1.54) is 49.6 Å². The molecule has 0 bridgehead atoms. The highest BCUT2D eigenvalue weighted by molar-refractivity contribution is 7.92. The minimum Gasteiger partial charge on any atom is -0.495 e. The molecule has 2 N–H and O–H groups in total. The number of nitrogens with one attached hydrogen (secondary N) is 2. The minimum absolute atomic E-state index is 0.0321. The zero-order valence-electron chi connectivity index (χ0n) is 22.3. The Morgan fingerprint density at radius 3 is 2.46 bits per heavy atom. The second kappa shape index (κ2) is 12.0. The topological polar surface area (TPSA) is 137 Å². The number of alkyl halides is 3. The van der Waals surface area contributed by atoms with Crippen LogP contribution in [0.3, 0.4) is 0 Å². The van der Waals surface area contributed by atoms with Crippen LogP contribution in [0, 0.1) is 19.8 Å². The first-order valence-electron chi connectivity index (χ1n) is 12.5. The molecule has 10 nitrogen and oxygen atoms in total. The number of esters is 1. The molecule has 2 aromatic heterocycles. The number of pyridine rings is 1. The lowest BCUT2D eigenvalue weighted by Gasteiger charge is -2.14. The number of anilines is 2. The molecule has 220 valence electrons. The van der Waals surface area contributed by atoms with Gasteiger partial charge in [-0.15, -0.1) is 0 Å². The highest BCUT2D eigenvalue weighted by Crippen LogP contribution is 2.37. The predicted octanol–water partition coefficient (Wildman–Crippen LogP) is 5.37. The Balaban J connectivity index is 1.58. The molecule has 41 heavy (non-hydrogen) atoms. The number of nitrogens with zero attached hydrogens (tertiary/aromatic N) is 2. The Bertz CT molecular complexity index is 1570. The fourth-order valence-corrected chi connectivity index (χ4v) is 6.49. The average molecular weight is 613 g/mol. The van der Waals surface area contributed by atoms with Crippen molar-refractivity contribution in [3.63, 3.8) is 0 Å². The number of aromatic nitrogens is 2. The second-order valence-corrected chi connectivity index (χ2v) is 12.1. The molecule has 3 aromatic rings. The Labute approximate surface area is 238 Å². The van der Waals surface area contributed by atoms with Gasteiger partial charge in [0, 0.05) is 5.92 Å². The number of rotatable bonds is 9. The summed E-state index contributed by atoms with van der Waals surface area (Å²) in [5.74, 6) is -2.68. The number of sulfonamides is 1. The maximum atomic E-state index is 13.4. The molecule has 0 spiro atoms. The van der Waals surface area contributed by atoms with Gasteiger partial charge in [0.1, 0.15) is 23.1 Å². The van der Waals surface area contributed by atoms with E-state index in [9.17, 15) is 31.2 Å². The number of aryl methyl sites for hydroxylation is 2. The fraction of sp³-hybridized carbons (Fsp3) is 0.385. The van der Waals surface area contributed by atoms with Crippen molar-refractivity contribution in [2.75, 3.05) is 17.1 Å². The van der Waals surface area contributed by atoms with Gasteiger partial charge < -0.3 is 14.8 Å². The summed E-state index contributed by atoms with van der Waals surface area (Å²) in [6.07, 6.45) is -1.46. The van der Waals surface area contributed by atoms with Crippen molar-refractivity contribution in [3.05, 3.63) is 47.3 Å². The zero-order valence-corrected chi connectivity index (χ0v) is 23.9. The smallest absolute Gasteiger partial charge is 0.490 e. The van der Waals surface area contributed by atoms with Crippen LogP contribution in [-0.2, 0) is 31.0 Å². The molecule has 1 aliphatic rings. The summed E-state index contributed by atoms with van der Waals surface area (Å²) in [4.78, 5) is 32.5. The molecule has 0 unspecified atom stereocenters. The maximum Gasteiger partial charge on any atom is 0.490 e. The number of carbonyl (C=O) groups excluding carboxylic acids is 2. The first-order valence-corrected chi connectivity index (χ1v) is 14.8. The van der Waals surface area contributed by atoms with Crippen LogP contribution in [0.2, 0.25) is 0 Å². The van der Waals surface area contributed by atoms with Crippen molar-refractivity contribution in [2.45, 2.75) is 57.2 Å². The largest absolute Gasteiger partial charge is 0.495 e. The molecular weight excluding hydrogens is 585 g/mol. The fourth-order valence-electron chi connectivity index (χ4n) is 4.32. The van der Waals surface area contributed by atoms with Gasteiger partial charge >= 0.3 is 12.1 Å². The molecule has 1 amide bonds. The summed E-state index contributed by atoms with van der Waals surface area (Å²) in [5.41, 5.74) is 1.44. The Hall–Kier alpha value is -3.72. The third kappa shape index (κ3) is 7.14. The van der Waals surface area contributed by atoms with Crippen molar-refractivity contribution < 1.29 is 40.7 Å². The van der Waals surface area contributed by atoms with Crippen LogP contribution < -0.4 is 14.8 Å². The van der Waals surface area contributed by atoms with Gasteiger partial charge in [-0.05, 0) is 62.1 Å². The summed E-state index contributed by atoms with van der Waals surface area (Å²) < 4.78 is 76.1. The monoisotopic (exact) mass is 612 g/mol. The summed E-state index contributed by atoms with van der Waals surface area (Å²) in [6.45, 7) is 2.47. The van der Waals surface area contributed by atoms with Crippen molar-refractivity contribution in [1.29, 1.82) is 0 Å². The number of hydrogen-bond acceptors (Lipinski definition) is 9. The molecular formula is C26H27F3N4O6S2. The number of carbonyl (C=O) groups is 2. The van der Waals surface area contributed by atoms with Crippen LogP contribution in [0.15, 0.2) is 35.2 Å². The van der Waals surface area contributed by atoms with Crippen molar-refractivity contribution in [1.82, 2.24) is 9.97 Å². The van der Waals surface area contributed by atoms with Crippen LogP contribution in [0.25, 0.3) is 10.4 Å². The SMILES string of the molecule is COc1ccc(-c2sc(NC(=O)C3CCCC3)nc2C)cc1S(=O)(=O)Nc1ccc(C)c(COC(=O)C(F)(F)F)n1. The third-order valence-electron chi connectivity index (χ3n) is 6.48. The van der Waals surface area contributed by atoms with Gasteiger partial charge in [0.05, 0.1) is 23.4 Å². The molecule has 15 heteroatoms. The predicted molar refractivity (Wildman–Crippen MR) is 145 cm³/mol. The zero-order chi connectivity index (χ0) is 29.9. The molecule has 0 aliphatic heterocycles. The summed E-state index contributed by atoms with van der Waals surface area (Å²) in [7, 11) is -3.01. The van der Waals surface area contributed by atoms with Crippen molar-refractivity contribution in [3.8, 4) is 16.2 Å². The van der Waals surface area contributed by atoms with Gasteiger partial charge in [0.25, 0.3) is 10.0 Å². The molecule has 2 heterocycles. The highest BCUT2D eigenvalue weighted by Gasteiger charge is 2.41. The summed E-state index contributed by atoms with van der Waals surface area (Å²) >= 11 is 1.22. The van der Waals surface area contributed by atoms with E-state index in [0.717, 1.165) is 25.7 Å². The van der Waals surface area contributed by atoms with E-state index in [1.807, 2.05) is 0 Å². The normalized spacial score (nSPS) is 14.1. The molecule has 1 saturated carbocycles. The number of halogens is 3. The van der Waals surface area contributed by atoms with Crippen molar-refractivity contribution in [2.24, 2.45) is 5.92 Å². The lowest BCUT2D eigenvalue weighted by molar-refractivity contribution is -0.201. The summed E-state index contributed by atoms with van der Waals surface area (Å²) in [5, 5.41) is 3.27. The number of methoxy groups -OCH3 is 1. The number of amides is 1. The molecule has 0 radical (unpaired) electrons. The van der Waals surface area contributed by atoms with Gasteiger partial charge in [-0.1, -0.05) is 30.2 Å². The summed E-state index contributed by atoms with van der Waals surface area (Å²) in [6, 6.07) is 7.29. The van der Waals surface area contributed by atoms with E-state index in [-0.39, 0.29) is 34.0 Å². The maximum absolute atomic E-state index is 13.4. The van der Waals surface area contributed by atoms with E-state index < -0.39 is 28.8 Å². The number of ether oxygens (including phenoxy) is 2. The average Bonchev–Trinajstić information content (AvgIpc) is 3.58. The van der Waals surface area contributed by atoms with Crippen LogP contribution in [0.5, 0.6) is 5.75 Å². The van der Waals surface area contributed by atoms with E-state index in [4.69, 9.17) is 4.74 Å². The minimum atomic E-state index is -5.17. The van der Waals surface area contributed by atoms with Gasteiger partial charge in [-0.2, -0.15) is 13.2 Å². The molecule has 4 rings (SSSR count). The Morgan fingerprint density at radius 2 is 1.80 bits per heavy atom. The molecule has 1 fully saturated rings. The standard InChI is InChI=1S/C26H27F3N4O6S2/c1-14-8-11-21(31-18(14)13-39-24(35)26(27,28)29)33-41(36,37)20-12-17(9-10-19(20)38-3)22-15(2)30-25(40-22)32-23(34)16-6-4-5-7-16/h8-12,16H,4-7,13H2,1-3H3,(H,31,33)(H,30,32,34). The second-order valence-electron chi connectivity index (χ2n) is 9.41. The van der Waals surface area contributed by atoms with Crippen molar-refractivity contribution >= 4 is 44.2 Å². The molecule has 1 aromatic carbocycles. The van der Waals surface area contributed by atoms with Crippen LogP contribution >= 0.6 is 11.3 Å². The Kier molecular flexibility index (Phi) is 8.87. The van der Waals surface area contributed by atoms with E-state index in [1.54, 1.807) is 13.0 Å². The lowest BCUT2D eigenvalue weighted by Crippen LogP contribution is -2.25. The van der Waals surface area contributed by atoms with Crippen LogP contribution in [0.4, 0.5) is 24.1 Å². The van der Waals surface area contributed by atoms with Gasteiger partial charge in [0.15, 0.2) is 5.13 Å². The van der Waals surface area contributed by atoms with Crippen LogP contribution in [-0.4, -0.2) is 43.5 Å². The highest BCUT2D eigenvalue weighted by atomic mass is 32.2. The van der Waals surface area contributed by atoms with E-state index in [2.05, 4.69) is 24.7 Å². The number of hydrogen-bond donors (Lipinski definition) is 2. The molecule has 1 aliphatic carbocycles. The van der Waals surface area contributed by atoms with Gasteiger partial charge in [-0.25, -0.2) is 23.2 Å². The van der Waals surface area contributed by atoms with Gasteiger partial charge in [-0.3, -0.25) is 9.52 Å². The van der Waals surface area contributed by atoms with Crippen LogP contribution in [0.1, 0.15) is 42.6 Å². The Morgan fingerprint density at radius 1 is 1.10 bits per heavy atom. The van der Waals surface area contributed by atoms with E-state index in [0.29, 0.717) is 26.8 Å². The number of benzene rings is 1. The van der Waals surface area contributed by atoms with E-state index >= 15 is 0 Å². The van der Waals surface area contributed by atoms with Gasteiger partial charge in [0.2, 0.25) is 5.91 Å². The number of thiazole rings is 1. The third-order valence-corrected chi connectivity index (χ3v) is 8.98.